The Morgan fingerprint density at radius 3 is 2.43 bits per heavy atom. The first-order valence-corrected chi connectivity index (χ1v) is 11.0. The van der Waals surface area contributed by atoms with Crippen molar-refractivity contribution in [2.24, 2.45) is 0 Å². The summed E-state index contributed by atoms with van der Waals surface area (Å²) in [5.41, 5.74) is 6.05. The van der Waals surface area contributed by atoms with Gasteiger partial charge in [-0.25, -0.2) is 0 Å². The maximum atomic E-state index is 2.46. The fraction of sp³-hybridized carbons (Fsp3) is 0.200. The molecular formula is C20H20Si. The Kier molecular flexibility index (Phi) is 2.97. The third-order valence-electron chi connectivity index (χ3n) is 4.65. The first-order chi connectivity index (χ1) is 10.3. The molecule has 0 radical (unpaired) electrons. The van der Waals surface area contributed by atoms with Crippen LogP contribution in [0.3, 0.4) is 0 Å². The average molecular weight is 288 g/mol. The summed E-state index contributed by atoms with van der Waals surface area (Å²) in [7, 11) is -0.603. The second-order valence-electron chi connectivity index (χ2n) is 6.52. The molecule has 0 amide bonds. The Morgan fingerprint density at radius 1 is 0.810 bits per heavy atom. The lowest BCUT2D eigenvalue weighted by molar-refractivity contribution is 0.940. The Morgan fingerprint density at radius 2 is 1.57 bits per heavy atom. The van der Waals surface area contributed by atoms with Crippen LogP contribution in [0.1, 0.15) is 17.0 Å². The van der Waals surface area contributed by atoms with Crippen molar-refractivity contribution in [3.8, 4) is 11.1 Å². The SMILES string of the molecule is C[SiH](C)CC1c2ccccc2-c2c1ccc1ccccc21. The van der Waals surface area contributed by atoms with Gasteiger partial charge in [-0.05, 0) is 39.1 Å². The summed E-state index contributed by atoms with van der Waals surface area (Å²) in [6, 6.07) is 23.9. The van der Waals surface area contributed by atoms with Crippen molar-refractivity contribution in [1.29, 1.82) is 0 Å². The first-order valence-electron chi connectivity index (χ1n) is 7.86. The molecule has 3 aromatic carbocycles. The summed E-state index contributed by atoms with van der Waals surface area (Å²) in [5.74, 6) is 0.618. The zero-order valence-corrected chi connectivity index (χ0v) is 13.8. The molecule has 0 N–H and O–H groups in total. The predicted molar refractivity (Wildman–Crippen MR) is 94.9 cm³/mol. The van der Waals surface area contributed by atoms with Crippen molar-refractivity contribution < 1.29 is 0 Å². The molecule has 1 atom stereocenters. The van der Waals surface area contributed by atoms with E-state index < -0.39 is 8.80 Å². The third-order valence-corrected chi connectivity index (χ3v) is 6.06. The molecule has 0 bridgehead atoms. The van der Waals surface area contributed by atoms with Crippen LogP contribution in [0.5, 0.6) is 0 Å². The molecule has 0 aromatic heterocycles. The lowest BCUT2D eigenvalue weighted by Crippen LogP contribution is -2.07. The highest BCUT2D eigenvalue weighted by Gasteiger charge is 2.29. The van der Waals surface area contributed by atoms with Crippen LogP contribution in [0.15, 0.2) is 60.7 Å². The maximum absolute atomic E-state index is 2.46. The van der Waals surface area contributed by atoms with Gasteiger partial charge in [0.25, 0.3) is 0 Å². The van der Waals surface area contributed by atoms with E-state index in [0.29, 0.717) is 5.92 Å². The zero-order chi connectivity index (χ0) is 14.4. The number of fused-ring (bicyclic) bond motifs is 5. The third kappa shape index (κ3) is 1.96. The minimum atomic E-state index is -0.603. The van der Waals surface area contributed by atoms with E-state index in [2.05, 4.69) is 73.8 Å². The molecule has 3 aromatic rings. The average Bonchev–Trinajstić information content (AvgIpc) is 2.82. The molecule has 104 valence electrons. The largest absolute Gasteiger partial charge is 0.0722 e. The summed E-state index contributed by atoms with van der Waals surface area (Å²) >= 11 is 0. The standard InChI is InChI=1S/C20H20Si/c1-21(2)13-19-16-9-5-6-10-17(16)20-15-8-4-3-7-14(15)11-12-18(19)20/h3-12,19,21H,13H2,1-2H3. The summed E-state index contributed by atoms with van der Waals surface area (Å²) in [6.07, 6.45) is 0. The van der Waals surface area contributed by atoms with Gasteiger partial charge in [-0.1, -0.05) is 73.8 Å². The van der Waals surface area contributed by atoms with Crippen LogP contribution < -0.4 is 0 Å². The Bertz CT molecular complexity index is 817. The van der Waals surface area contributed by atoms with Gasteiger partial charge in [0.2, 0.25) is 0 Å². The van der Waals surface area contributed by atoms with Crippen LogP contribution in [-0.2, 0) is 0 Å². The molecule has 1 aliphatic carbocycles. The predicted octanol–water partition coefficient (Wildman–Crippen LogP) is 5.44. The number of benzene rings is 3. The van der Waals surface area contributed by atoms with Crippen molar-refractivity contribution >= 4 is 19.6 Å². The number of hydrogen-bond acceptors (Lipinski definition) is 0. The fourth-order valence-electron chi connectivity index (χ4n) is 3.80. The number of hydrogen-bond donors (Lipinski definition) is 0. The minimum absolute atomic E-state index is 0.603. The van der Waals surface area contributed by atoms with Crippen LogP contribution >= 0.6 is 0 Å². The van der Waals surface area contributed by atoms with Crippen LogP contribution in [0.2, 0.25) is 19.1 Å². The number of rotatable bonds is 2. The van der Waals surface area contributed by atoms with Crippen molar-refractivity contribution in [3.05, 3.63) is 71.8 Å². The lowest BCUT2D eigenvalue weighted by atomic mass is 9.96. The highest BCUT2D eigenvalue weighted by molar-refractivity contribution is 6.56. The molecule has 0 fully saturated rings. The van der Waals surface area contributed by atoms with Gasteiger partial charge in [0.1, 0.15) is 0 Å². The van der Waals surface area contributed by atoms with Crippen LogP contribution in [0, 0.1) is 0 Å². The molecule has 0 aliphatic heterocycles. The topological polar surface area (TPSA) is 0 Å². The van der Waals surface area contributed by atoms with E-state index in [-0.39, 0.29) is 0 Å². The summed E-state index contributed by atoms with van der Waals surface area (Å²) in [6.45, 7) is 4.92. The molecule has 1 aliphatic rings. The Labute approximate surface area is 128 Å². The van der Waals surface area contributed by atoms with Crippen molar-refractivity contribution in [2.75, 3.05) is 0 Å². The molecule has 0 spiro atoms. The van der Waals surface area contributed by atoms with Crippen molar-refractivity contribution in [2.45, 2.75) is 25.1 Å². The van der Waals surface area contributed by atoms with Crippen LogP contribution in [0.25, 0.3) is 21.9 Å². The molecule has 4 rings (SSSR count). The molecule has 1 heteroatoms. The van der Waals surface area contributed by atoms with Gasteiger partial charge in [0.05, 0.1) is 0 Å². The van der Waals surface area contributed by atoms with E-state index in [1.807, 2.05) is 0 Å². The smallest absolute Gasteiger partial charge is 0.0315 e. The molecule has 0 nitrogen and oxygen atoms in total. The van der Waals surface area contributed by atoms with E-state index in [1.54, 1.807) is 11.1 Å². The minimum Gasteiger partial charge on any atom is -0.0722 e. The zero-order valence-electron chi connectivity index (χ0n) is 12.6. The van der Waals surface area contributed by atoms with Gasteiger partial charge in [0, 0.05) is 14.7 Å². The van der Waals surface area contributed by atoms with Gasteiger partial charge >= 0.3 is 0 Å². The normalized spacial score (nSPS) is 16.2. The van der Waals surface area contributed by atoms with Crippen molar-refractivity contribution in [1.82, 2.24) is 0 Å². The summed E-state index contributed by atoms with van der Waals surface area (Å²) in [5, 5.41) is 2.77. The van der Waals surface area contributed by atoms with Crippen molar-refractivity contribution in [3.63, 3.8) is 0 Å². The van der Waals surface area contributed by atoms with Gasteiger partial charge in [-0.15, -0.1) is 0 Å². The quantitative estimate of drug-likeness (QED) is 0.551. The van der Waals surface area contributed by atoms with E-state index >= 15 is 0 Å². The monoisotopic (exact) mass is 288 g/mol. The second-order valence-corrected chi connectivity index (χ2v) is 9.78. The first kappa shape index (κ1) is 12.8. The molecular weight excluding hydrogens is 268 g/mol. The highest BCUT2D eigenvalue weighted by Crippen LogP contribution is 2.49. The molecule has 21 heavy (non-hydrogen) atoms. The van der Waals surface area contributed by atoms with Crippen LogP contribution in [0.4, 0.5) is 0 Å². The Balaban J connectivity index is 2.04. The highest BCUT2D eigenvalue weighted by atomic mass is 28.3. The fourth-order valence-corrected chi connectivity index (χ4v) is 5.25. The summed E-state index contributed by atoms with van der Waals surface area (Å²) in [4.78, 5) is 0. The summed E-state index contributed by atoms with van der Waals surface area (Å²) < 4.78 is 0. The van der Waals surface area contributed by atoms with Crippen LogP contribution in [-0.4, -0.2) is 8.80 Å². The molecule has 0 saturated heterocycles. The molecule has 0 saturated carbocycles. The maximum Gasteiger partial charge on any atom is 0.0315 e. The van der Waals surface area contributed by atoms with Gasteiger partial charge in [-0.3, -0.25) is 0 Å². The van der Waals surface area contributed by atoms with E-state index in [1.165, 1.54) is 27.9 Å². The molecule has 1 unspecified atom stereocenters. The van der Waals surface area contributed by atoms with Gasteiger partial charge < -0.3 is 0 Å². The Hall–Kier alpha value is -1.86. The second kappa shape index (κ2) is 4.85. The lowest BCUT2D eigenvalue weighted by Gasteiger charge is -2.15. The van der Waals surface area contributed by atoms with Gasteiger partial charge in [0.15, 0.2) is 0 Å². The van der Waals surface area contributed by atoms with E-state index in [0.717, 1.165) is 0 Å². The van der Waals surface area contributed by atoms with E-state index in [9.17, 15) is 0 Å². The van der Waals surface area contributed by atoms with Gasteiger partial charge in [-0.2, -0.15) is 0 Å². The molecule has 0 heterocycles. The van der Waals surface area contributed by atoms with E-state index in [4.69, 9.17) is 0 Å².